The first-order chi connectivity index (χ1) is 6.76. The van der Waals surface area contributed by atoms with Crippen LogP contribution < -0.4 is 0 Å². The van der Waals surface area contributed by atoms with Gasteiger partial charge in [0.15, 0.2) is 0 Å². The van der Waals surface area contributed by atoms with Crippen molar-refractivity contribution in [1.82, 2.24) is 15.0 Å². The lowest BCUT2D eigenvalue weighted by Gasteiger charge is -1.89. The molecule has 0 spiro atoms. The fourth-order valence-corrected chi connectivity index (χ4v) is 1.30. The summed E-state index contributed by atoms with van der Waals surface area (Å²) in [4.78, 5) is 1.23. The Bertz CT molecular complexity index is 342. The summed E-state index contributed by atoms with van der Waals surface area (Å²) in [5, 5.41) is 9.94. The van der Waals surface area contributed by atoms with E-state index in [-0.39, 0.29) is 0 Å². The third-order valence-corrected chi connectivity index (χ3v) is 2.71. The number of nitrogens with zero attached hydrogens (tertiary/aromatic N) is 3. The SMILES string of the molecule is CS/C=C/n1cc(/C=C(/C)SC)nn1. The van der Waals surface area contributed by atoms with Crippen molar-refractivity contribution in [1.29, 1.82) is 0 Å². The van der Waals surface area contributed by atoms with E-state index in [0.717, 1.165) is 5.69 Å². The second-order valence-corrected chi connectivity index (χ2v) is 4.40. The average molecular weight is 227 g/mol. The highest BCUT2D eigenvalue weighted by atomic mass is 32.2. The van der Waals surface area contributed by atoms with Gasteiger partial charge in [-0.2, -0.15) is 0 Å². The number of hydrogen-bond acceptors (Lipinski definition) is 4. The molecule has 0 unspecified atom stereocenters. The van der Waals surface area contributed by atoms with E-state index in [1.165, 1.54) is 4.91 Å². The highest BCUT2D eigenvalue weighted by molar-refractivity contribution is 8.02. The molecule has 14 heavy (non-hydrogen) atoms. The van der Waals surface area contributed by atoms with Gasteiger partial charge in [-0.3, -0.25) is 0 Å². The van der Waals surface area contributed by atoms with Crippen LogP contribution in [0.1, 0.15) is 12.6 Å². The van der Waals surface area contributed by atoms with Crippen molar-refractivity contribution < 1.29 is 0 Å². The molecule has 0 saturated heterocycles. The van der Waals surface area contributed by atoms with Gasteiger partial charge >= 0.3 is 0 Å². The molecule has 0 aromatic carbocycles. The van der Waals surface area contributed by atoms with Gasteiger partial charge in [0.2, 0.25) is 0 Å². The molecule has 1 rings (SSSR count). The lowest BCUT2D eigenvalue weighted by molar-refractivity contribution is 0.840. The molecule has 0 fully saturated rings. The molecule has 0 aliphatic heterocycles. The second kappa shape index (κ2) is 5.93. The lowest BCUT2D eigenvalue weighted by atomic mass is 10.4. The Labute approximate surface area is 92.6 Å². The first-order valence-corrected chi connectivity index (χ1v) is 6.61. The number of aromatic nitrogens is 3. The molecule has 0 amide bonds. The summed E-state index contributed by atoms with van der Waals surface area (Å²) in [5.41, 5.74) is 0.891. The maximum Gasteiger partial charge on any atom is 0.107 e. The van der Waals surface area contributed by atoms with Crippen LogP contribution in [-0.2, 0) is 0 Å². The van der Waals surface area contributed by atoms with E-state index in [1.807, 2.05) is 36.4 Å². The van der Waals surface area contributed by atoms with Gasteiger partial charge in [-0.1, -0.05) is 5.21 Å². The van der Waals surface area contributed by atoms with Crippen LogP contribution in [0.3, 0.4) is 0 Å². The Morgan fingerprint density at radius 3 is 2.93 bits per heavy atom. The topological polar surface area (TPSA) is 30.7 Å². The summed E-state index contributed by atoms with van der Waals surface area (Å²) in [6, 6.07) is 0. The zero-order valence-corrected chi connectivity index (χ0v) is 10.1. The van der Waals surface area contributed by atoms with E-state index in [0.29, 0.717) is 0 Å². The Morgan fingerprint density at radius 1 is 1.50 bits per heavy atom. The van der Waals surface area contributed by atoms with Crippen LogP contribution in [-0.4, -0.2) is 27.5 Å². The molecule has 3 nitrogen and oxygen atoms in total. The maximum absolute atomic E-state index is 4.02. The highest BCUT2D eigenvalue weighted by Gasteiger charge is 1.95. The molecule has 0 radical (unpaired) electrons. The van der Waals surface area contributed by atoms with Crippen LogP contribution in [0.25, 0.3) is 12.3 Å². The zero-order chi connectivity index (χ0) is 10.4. The number of rotatable bonds is 4. The molecule has 1 aromatic rings. The first kappa shape index (κ1) is 11.4. The summed E-state index contributed by atoms with van der Waals surface area (Å²) < 4.78 is 1.70. The third-order valence-electron chi connectivity index (χ3n) is 1.55. The Kier molecular flexibility index (Phi) is 4.82. The van der Waals surface area contributed by atoms with Gasteiger partial charge in [0, 0.05) is 6.20 Å². The van der Waals surface area contributed by atoms with Gasteiger partial charge in [-0.05, 0) is 35.8 Å². The zero-order valence-electron chi connectivity index (χ0n) is 8.47. The Hall–Kier alpha value is -0.680. The van der Waals surface area contributed by atoms with Crippen molar-refractivity contribution in [2.24, 2.45) is 0 Å². The summed E-state index contributed by atoms with van der Waals surface area (Å²) in [7, 11) is 0. The van der Waals surface area contributed by atoms with Gasteiger partial charge in [0.1, 0.15) is 5.69 Å². The fraction of sp³-hybridized carbons (Fsp3) is 0.333. The molecule has 0 atom stereocenters. The Morgan fingerprint density at radius 2 is 2.29 bits per heavy atom. The van der Waals surface area contributed by atoms with Gasteiger partial charge < -0.3 is 0 Å². The van der Waals surface area contributed by atoms with Crippen LogP contribution >= 0.6 is 23.5 Å². The molecule has 1 heterocycles. The monoisotopic (exact) mass is 227 g/mol. The van der Waals surface area contributed by atoms with Crippen molar-refractivity contribution in [3.05, 3.63) is 22.2 Å². The fourth-order valence-electron chi connectivity index (χ4n) is 0.820. The third kappa shape index (κ3) is 3.59. The van der Waals surface area contributed by atoms with E-state index in [9.17, 15) is 0 Å². The van der Waals surface area contributed by atoms with E-state index >= 15 is 0 Å². The van der Waals surface area contributed by atoms with Crippen LogP contribution in [0.5, 0.6) is 0 Å². The maximum atomic E-state index is 4.02. The largest absolute Gasteiger partial charge is 0.227 e. The smallest absolute Gasteiger partial charge is 0.107 e. The Balaban J connectivity index is 2.73. The lowest BCUT2D eigenvalue weighted by Crippen LogP contribution is -1.84. The second-order valence-electron chi connectivity index (χ2n) is 2.60. The van der Waals surface area contributed by atoms with Gasteiger partial charge in [-0.15, -0.1) is 28.6 Å². The quantitative estimate of drug-likeness (QED) is 0.791. The predicted octanol–water partition coefficient (Wildman–Crippen LogP) is 2.79. The molecular formula is C9H13N3S2. The molecule has 0 saturated carbocycles. The molecule has 0 bridgehead atoms. The van der Waals surface area contributed by atoms with Crippen molar-refractivity contribution in [2.45, 2.75) is 6.92 Å². The average Bonchev–Trinajstić information content (AvgIpc) is 2.62. The molecular weight excluding hydrogens is 214 g/mol. The number of hydrogen-bond donors (Lipinski definition) is 0. The summed E-state index contributed by atoms with van der Waals surface area (Å²) >= 11 is 3.34. The molecule has 0 aliphatic rings. The van der Waals surface area contributed by atoms with Crippen LogP contribution in [0.2, 0.25) is 0 Å². The molecule has 5 heteroatoms. The van der Waals surface area contributed by atoms with Crippen LogP contribution in [0.15, 0.2) is 16.5 Å². The molecule has 0 N–H and O–H groups in total. The number of thioether (sulfide) groups is 2. The van der Waals surface area contributed by atoms with Crippen molar-refractivity contribution in [3.8, 4) is 0 Å². The molecule has 1 aromatic heterocycles. The minimum atomic E-state index is 0.891. The van der Waals surface area contributed by atoms with Crippen molar-refractivity contribution >= 4 is 35.8 Å². The summed E-state index contributed by atoms with van der Waals surface area (Å²) in [6.45, 7) is 2.06. The van der Waals surface area contributed by atoms with E-state index in [2.05, 4.69) is 17.2 Å². The van der Waals surface area contributed by atoms with Gasteiger partial charge in [-0.25, -0.2) is 4.68 Å². The van der Waals surface area contributed by atoms with E-state index in [4.69, 9.17) is 0 Å². The van der Waals surface area contributed by atoms with Gasteiger partial charge in [0.25, 0.3) is 0 Å². The van der Waals surface area contributed by atoms with Crippen molar-refractivity contribution in [2.75, 3.05) is 12.5 Å². The minimum Gasteiger partial charge on any atom is -0.227 e. The first-order valence-electron chi connectivity index (χ1n) is 4.10. The normalized spacial score (nSPS) is 12.6. The minimum absolute atomic E-state index is 0.891. The number of allylic oxidation sites excluding steroid dienone is 1. The predicted molar refractivity (Wildman–Crippen MR) is 66.0 cm³/mol. The molecule has 76 valence electrons. The standard InChI is InChI=1S/C9H13N3S2/c1-8(14-3)6-9-7-12(11-10-9)4-5-13-2/h4-7H,1-3H3/b5-4+,8-6-. The highest BCUT2D eigenvalue weighted by Crippen LogP contribution is 2.13. The van der Waals surface area contributed by atoms with Crippen LogP contribution in [0.4, 0.5) is 0 Å². The van der Waals surface area contributed by atoms with E-state index < -0.39 is 0 Å². The molecule has 0 aliphatic carbocycles. The van der Waals surface area contributed by atoms with Crippen LogP contribution in [0, 0.1) is 0 Å². The summed E-state index contributed by atoms with van der Waals surface area (Å²) in [5.74, 6) is 0. The summed E-state index contributed by atoms with van der Waals surface area (Å²) in [6.07, 6.45) is 9.84. The van der Waals surface area contributed by atoms with Crippen molar-refractivity contribution in [3.63, 3.8) is 0 Å². The van der Waals surface area contributed by atoms with Gasteiger partial charge in [0.05, 0.1) is 6.20 Å². The van der Waals surface area contributed by atoms with E-state index in [1.54, 1.807) is 28.2 Å².